The van der Waals surface area contributed by atoms with E-state index in [1.807, 2.05) is 0 Å². The molecule has 3 rings (SSSR count). The maximum atomic E-state index is 12.4. The summed E-state index contributed by atoms with van der Waals surface area (Å²) in [5.41, 5.74) is 0.678. The number of esters is 2. The van der Waals surface area contributed by atoms with E-state index in [2.05, 4.69) is 5.32 Å². The van der Waals surface area contributed by atoms with E-state index in [0.29, 0.717) is 24.3 Å². The van der Waals surface area contributed by atoms with Crippen LogP contribution in [0.25, 0.3) is 11.3 Å². The highest BCUT2D eigenvalue weighted by atomic mass is 32.1. The number of rotatable bonds is 8. The minimum Gasteiger partial charge on any atom is -0.464 e. The molecule has 1 N–H and O–H groups in total. The maximum absolute atomic E-state index is 12.4. The first kappa shape index (κ1) is 22.5. The van der Waals surface area contributed by atoms with E-state index in [1.165, 1.54) is 11.2 Å². The van der Waals surface area contributed by atoms with E-state index >= 15 is 0 Å². The average molecular weight is 448 g/mol. The van der Waals surface area contributed by atoms with E-state index in [0.717, 1.165) is 30.6 Å². The first-order valence-corrected chi connectivity index (χ1v) is 10.9. The molecule has 0 saturated carbocycles. The number of ether oxygens (including phenoxy) is 2. The Balaban J connectivity index is 1.60. The van der Waals surface area contributed by atoms with Gasteiger partial charge in [0.15, 0.2) is 6.61 Å². The molecule has 1 aliphatic heterocycles. The first-order chi connectivity index (χ1) is 15.0. The minimum absolute atomic E-state index is 0.0815. The van der Waals surface area contributed by atoms with Crippen LogP contribution in [0.1, 0.15) is 43.0 Å². The molecule has 0 atom stereocenters. The molecule has 10 heteroatoms. The number of likely N-dealkylation sites (tertiary alicyclic amines) is 1. The van der Waals surface area contributed by atoms with Crippen LogP contribution >= 0.6 is 11.3 Å². The van der Waals surface area contributed by atoms with Crippen molar-refractivity contribution >= 4 is 40.1 Å². The van der Waals surface area contributed by atoms with Gasteiger partial charge in [0.25, 0.3) is 5.91 Å². The lowest BCUT2D eigenvalue weighted by molar-refractivity contribution is -0.151. The maximum Gasteiger partial charge on any atom is 0.341 e. The van der Waals surface area contributed by atoms with E-state index < -0.39 is 24.5 Å². The zero-order valence-electron chi connectivity index (χ0n) is 17.2. The standard InChI is InChI=1S/C21H24N2O7S/c1-2-28-21(27)19-14(15-7-6-10-29-15)13-31-20(19)22-16(24)12-30-18(26)11-23-9-5-3-4-8-17(23)25/h6-7,10,13H,2-5,8-9,11-12H2,1H3,(H,22,24). The fourth-order valence-electron chi connectivity index (χ4n) is 3.18. The van der Waals surface area contributed by atoms with Crippen LogP contribution in [0, 0.1) is 0 Å². The van der Waals surface area contributed by atoms with Crippen molar-refractivity contribution in [3.05, 3.63) is 29.3 Å². The second-order valence-electron chi connectivity index (χ2n) is 6.89. The van der Waals surface area contributed by atoms with Crippen molar-refractivity contribution in [1.29, 1.82) is 0 Å². The number of carbonyl (C=O) groups excluding carboxylic acids is 4. The lowest BCUT2D eigenvalue weighted by Crippen LogP contribution is -2.36. The second-order valence-corrected chi connectivity index (χ2v) is 7.77. The third kappa shape index (κ3) is 5.94. The van der Waals surface area contributed by atoms with Gasteiger partial charge in [0, 0.05) is 23.9 Å². The number of anilines is 1. The summed E-state index contributed by atoms with van der Waals surface area (Å²) < 4.78 is 15.5. The van der Waals surface area contributed by atoms with Crippen molar-refractivity contribution in [2.75, 3.05) is 31.6 Å². The van der Waals surface area contributed by atoms with Crippen molar-refractivity contribution < 1.29 is 33.1 Å². The van der Waals surface area contributed by atoms with E-state index in [4.69, 9.17) is 13.9 Å². The molecule has 0 aromatic carbocycles. The lowest BCUT2D eigenvalue weighted by Gasteiger charge is -2.19. The number of thiophene rings is 1. The molecule has 1 saturated heterocycles. The van der Waals surface area contributed by atoms with Gasteiger partial charge < -0.3 is 24.1 Å². The van der Waals surface area contributed by atoms with Crippen molar-refractivity contribution in [3.63, 3.8) is 0 Å². The fourth-order valence-corrected chi connectivity index (χ4v) is 4.14. The molecule has 2 aromatic rings. The van der Waals surface area contributed by atoms with Gasteiger partial charge in [-0.1, -0.05) is 6.42 Å². The van der Waals surface area contributed by atoms with E-state index in [9.17, 15) is 19.2 Å². The Kier molecular flexibility index (Phi) is 7.82. The number of hydrogen-bond acceptors (Lipinski definition) is 8. The molecule has 166 valence electrons. The third-order valence-corrected chi connectivity index (χ3v) is 5.56. The topological polar surface area (TPSA) is 115 Å². The predicted octanol–water partition coefficient (Wildman–Crippen LogP) is 3.07. The number of carbonyl (C=O) groups is 4. The molecule has 9 nitrogen and oxygen atoms in total. The minimum atomic E-state index is -0.654. The molecular formula is C21H24N2O7S. The summed E-state index contributed by atoms with van der Waals surface area (Å²) in [6, 6.07) is 3.39. The Hall–Kier alpha value is -3.14. The van der Waals surface area contributed by atoms with E-state index in [1.54, 1.807) is 24.4 Å². The Morgan fingerprint density at radius 3 is 2.81 bits per heavy atom. The van der Waals surface area contributed by atoms with Crippen LogP contribution in [0.2, 0.25) is 0 Å². The molecule has 0 aliphatic carbocycles. The number of nitrogens with zero attached hydrogens (tertiary/aromatic N) is 1. The van der Waals surface area contributed by atoms with Crippen molar-refractivity contribution in [3.8, 4) is 11.3 Å². The lowest BCUT2D eigenvalue weighted by atomic mass is 10.1. The zero-order chi connectivity index (χ0) is 22.2. The monoisotopic (exact) mass is 448 g/mol. The highest BCUT2D eigenvalue weighted by Gasteiger charge is 2.25. The van der Waals surface area contributed by atoms with Crippen LogP contribution in [-0.4, -0.2) is 55.0 Å². The summed E-state index contributed by atoms with van der Waals surface area (Å²) in [6.07, 6.45) is 4.50. The summed E-state index contributed by atoms with van der Waals surface area (Å²) in [5.74, 6) is -1.47. The molecule has 0 unspecified atom stereocenters. The van der Waals surface area contributed by atoms with Gasteiger partial charge in [-0.25, -0.2) is 4.79 Å². The number of hydrogen-bond donors (Lipinski definition) is 1. The molecule has 1 fully saturated rings. The summed E-state index contributed by atoms with van der Waals surface area (Å²) in [5, 5.41) is 4.54. The molecule has 0 bridgehead atoms. The Morgan fingerprint density at radius 1 is 1.23 bits per heavy atom. The van der Waals surface area contributed by atoms with Gasteiger partial charge >= 0.3 is 11.9 Å². The van der Waals surface area contributed by atoms with Crippen LogP contribution < -0.4 is 5.32 Å². The normalized spacial score (nSPS) is 14.1. The van der Waals surface area contributed by atoms with Gasteiger partial charge in [0.2, 0.25) is 5.91 Å². The highest BCUT2D eigenvalue weighted by molar-refractivity contribution is 7.15. The van der Waals surface area contributed by atoms with Crippen LogP contribution in [0.4, 0.5) is 5.00 Å². The van der Waals surface area contributed by atoms with Gasteiger partial charge in [0.1, 0.15) is 22.9 Å². The number of nitrogens with one attached hydrogen (secondary N) is 1. The second kappa shape index (κ2) is 10.8. The van der Waals surface area contributed by atoms with Crippen molar-refractivity contribution in [1.82, 2.24) is 4.90 Å². The van der Waals surface area contributed by atoms with Crippen molar-refractivity contribution in [2.24, 2.45) is 0 Å². The van der Waals surface area contributed by atoms with E-state index in [-0.39, 0.29) is 29.6 Å². The summed E-state index contributed by atoms with van der Waals surface area (Å²) in [4.78, 5) is 50.3. The molecule has 2 amide bonds. The first-order valence-electron chi connectivity index (χ1n) is 10.0. The average Bonchev–Trinajstić information content (AvgIpc) is 3.36. The van der Waals surface area contributed by atoms with Crippen LogP contribution in [0.3, 0.4) is 0 Å². The Labute approximate surface area is 183 Å². The van der Waals surface area contributed by atoms with Crippen LogP contribution in [0.5, 0.6) is 0 Å². The van der Waals surface area contributed by atoms with Gasteiger partial charge in [-0.05, 0) is 31.9 Å². The molecule has 3 heterocycles. The third-order valence-electron chi connectivity index (χ3n) is 4.67. The Bertz CT molecular complexity index is 936. The number of furan rings is 1. The molecule has 2 aromatic heterocycles. The summed E-state index contributed by atoms with van der Waals surface area (Å²) >= 11 is 1.14. The zero-order valence-corrected chi connectivity index (χ0v) is 18.0. The molecule has 1 aliphatic rings. The largest absolute Gasteiger partial charge is 0.464 e. The quantitative estimate of drug-likeness (QED) is 0.617. The van der Waals surface area contributed by atoms with Gasteiger partial charge in [-0.2, -0.15) is 0 Å². The van der Waals surface area contributed by atoms with Crippen LogP contribution in [-0.2, 0) is 23.9 Å². The summed E-state index contributed by atoms with van der Waals surface area (Å²) in [6.45, 7) is 1.66. The predicted molar refractivity (Wildman–Crippen MR) is 113 cm³/mol. The Morgan fingerprint density at radius 2 is 2.06 bits per heavy atom. The highest BCUT2D eigenvalue weighted by Crippen LogP contribution is 2.36. The van der Waals surface area contributed by atoms with Crippen LogP contribution in [0.15, 0.2) is 28.2 Å². The SMILES string of the molecule is CCOC(=O)c1c(-c2ccco2)csc1NC(=O)COC(=O)CN1CCCCCC1=O. The van der Waals surface area contributed by atoms with Crippen molar-refractivity contribution in [2.45, 2.75) is 32.6 Å². The summed E-state index contributed by atoms with van der Waals surface area (Å²) in [7, 11) is 0. The van der Waals surface area contributed by atoms with Gasteiger partial charge in [0.05, 0.1) is 12.9 Å². The molecule has 31 heavy (non-hydrogen) atoms. The molecule has 0 radical (unpaired) electrons. The van der Waals surface area contributed by atoms with Gasteiger partial charge in [-0.3, -0.25) is 14.4 Å². The molecule has 0 spiro atoms. The molecular weight excluding hydrogens is 424 g/mol. The van der Waals surface area contributed by atoms with Gasteiger partial charge in [-0.15, -0.1) is 11.3 Å². The number of amides is 2. The smallest absolute Gasteiger partial charge is 0.341 e. The fraction of sp³-hybridized carbons (Fsp3) is 0.429.